The highest BCUT2D eigenvalue weighted by atomic mass is 14.6. The van der Waals surface area contributed by atoms with Crippen molar-refractivity contribution in [1.29, 1.82) is 0 Å². The number of hydrogen-bond donors (Lipinski definition) is 0. The first-order valence-corrected chi connectivity index (χ1v) is 4.80. The third kappa shape index (κ3) is 2.33. The Morgan fingerprint density at radius 1 is 1.25 bits per heavy atom. The lowest BCUT2D eigenvalue weighted by atomic mass is 10.0. The number of hydrogen-bond acceptors (Lipinski definition) is 1. The third-order valence-corrected chi connectivity index (χ3v) is 2.19. The fraction of sp³-hybridized carbons (Fsp3) is 0.545. The van der Waals surface area contributed by atoms with Gasteiger partial charge in [-0.2, -0.15) is 0 Å². The van der Waals surface area contributed by atoms with Gasteiger partial charge in [0.15, 0.2) is 0 Å². The molecule has 1 aromatic rings. The highest BCUT2D eigenvalue weighted by Gasteiger charge is 1.98. The molecule has 0 unspecified atom stereocenters. The number of aromatic nitrogens is 1. The second kappa shape index (κ2) is 4.91. The first-order chi connectivity index (χ1) is 5.88. The largest absolute Gasteiger partial charge is 0.264 e. The van der Waals surface area contributed by atoms with Crippen LogP contribution in [0, 0.1) is 0 Å². The number of unbranched alkanes of at least 4 members (excludes halogenated alkanes) is 1. The molecule has 1 nitrogen and oxygen atoms in total. The van der Waals surface area contributed by atoms with Crippen molar-refractivity contribution in [2.24, 2.45) is 0 Å². The van der Waals surface area contributed by atoms with E-state index in [2.05, 4.69) is 24.9 Å². The molecule has 0 aliphatic heterocycles. The molecule has 1 heterocycles. The predicted octanol–water partition coefficient (Wildman–Crippen LogP) is 2.99. The first-order valence-electron chi connectivity index (χ1n) is 4.80. The van der Waals surface area contributed by atoms with Crippen LogP contribution in [0.25, 0.3) is 0 Å². The van der Waals surface area contributed by atoms with Crippen molar-refractivity contribution in [2.45, 2.75) is 39.5 Å². The van der Waals surface area contributed by atoms with Crippen molar-refractivity contribution >= 4 is 0 Å². The van der Waals surface area contributed by atoms with Gasteiger partial charge in [0.05, 0.1) is 0 Å². The van der Waals surface area contributed by atoms with E-state index < -0.39 is 0 Å². The van der Waals surface area contributed by atoms with Crippen LogP contribution in [-0.2, 0) is 12.8 Å². The fourth-order valence-electron chi connectivity index (χ4n) is 1.39. The molecular weight excluding hydrogens is 146 g/mol. The summed E-state index contributed by atoms with van der Waals surface area (Å²) in [6.45, 7) is 4.42. The van der Waals surface area contributed by atoms with Crippen LogP contribution in [0.4, 0.5) is 0 Å². The highest BCUT2D eigenvalue weighted by Crippen LogP contribution is 2.10. The Labute approximate surface area is 74.8 Å². The molecule has 0 spiro atoms. The van der Waals surface area contributed by atoms with E-state index >= 15 is 0 Å². The highest BCUT2D eigenvalue weighted by molar-refractivity contribution is 5.23. The minimum absolute atomic E-state index is 1.10. The lowest BCUT2D eigenvalue weighted by molar-refractivity contribution is 0.785. The second-order valence-electron chi connectivity index (χ2n) is 3.10. The van der Waals surface area contributed by atoms with Gasteiger partial charge < -0.3 is 0 Å². The molecule has 12 heavy (non-hydrogen) atoms. The van der Waals surface area contributed by atoms with E-state index in [-0.39, 0.29) is 0 Å². The monoisotopic (exact) mass is 163 g/mol. The number of nitrogens with zero attached hydrogens (tertiary/aromatic N) is 1. The maximum atomic E-state index is 4.12. The van der Waals surface area contributed by atoms with Crippen molar-refractivity contribution < 1.29 is 0 Å². The molecule has 0 aliphatic carbocycles. The Morgan fingerprint density at radius 2 is 2.08 bits per heavy atom. The van der Waals surface area contributed by atoms with Gasteiger partial charge in [0.2, 0.25) is 0 Å². The van der Waals surface area contributed by atoms with E-state index in [4.69, 9.17) is 0 Å². The van der Waals surface area contributed by atoms with Crippen LogP contribution in [0.3, 0.4) is 0 Å². The molecule has 0 saturated heterocycles. The molecule has 0 fully saturated rings. The average Bonchev–Trinajstić information content (AvgIpc) is 2.15. The van der Waals surface area contributed by atoms with Crippen LogP contribution in [-0.4, -0.2) is 4.98 Å². The van der Waals surface area contributed by atoms with Gasteiger partial charge in [-0.1, -0.05) is 20.3 Å². The van der Waals surface area contributed by atoms with E-state index in [9.17, 15) is 0 Å². The van der Waals surface area contributed by atoms with Gasteiger partial charge in [0.25, 0.3) is 0 Å². The van der Waals surface area contributed by atoms with E-state index in [1.807, 2.05) is 12.4 Å². The maximum Gasteiger partial charge on any atom is 0.0302 e. The van der Waals surface area contributed by atoms with Crippen LogP contribution in [0.15, 0.2) is 18.5 Å². The third-order valence-electron chi connectivity index (χ3n) is 2.19. The maximum absolute atomic E-state index is 4.12. The van der Waals surface area contributed by atoms with Crippen LogP contribution in [0.1, 0.15) is 37.8 Å². The molecule has 1 aromatic heterocycles. The normalized spacial score (nSPS) is 10.2. The van der Waals surface area contributed by atoms with Crippen molar-refractivity contribution in [2.75, 3.05) is 0 Å². The molecule has 66 valence electrons. The molecule has 1 heteroatoms. The predicted molar refractivity (Wildman–Crippen MR) is 52.2 cm³/mol. The summed E-state index contributed by atoms with van der Waals surface area (Å²) in [5.74, 6) is 0. The topological polar surface area (TPSA) is 12.9 Å². The smallest absolute Gasteiger partial charge is 0.0302 e. The van der Waals surface area contributed by atoms with Crippen LogP contribution < -0.4 is 0 Å². The summed E-state index contributed by atoms with van der Waals surface area (Å²) in [6, 6.07) is 2.15. The summed E-state index contributed by atoms with van der Waals surface area (Å²) < 4.78 is 0. The Morgan fingerprint density at radius 3 is 2.75 bits per heavy atom. The summed E-state index contributed by atoms with van der Waals surface area (Å²) in [6.07, 6.45) is 8.76. The lowest BCUT2D eigenvalue weighted by Crippen LogP contribution is -1.93. The zero-order valence-electron chi connectivity index (χ0n) is 8.01. The molecule has 0 aliphatic rings. The Kier molecular flexibility index (Phi) is 3.78. The molecule has 0 bridgehead atoms. The lowest BCUT2D eigenvalue weighted by Gasteiger charge is -2.04. The Balaban J connectivity index is 2.68. The van der Waals surface area contributed by atoms with Gasteiger partial charge >= 0.3 is 0 Å². The van der Waals surface area contributed by atoms with Crippen LogP contribution in [0.5, 0.6) is 0 Å². The Bertz CT molecular complexity index is 230. The van der Waals surface area contributed by atoms with Crippen LogP contribution in [0.2, 0.25) is 0 Å². The second-order valence-corrected chi connectivity index (χ2v) is 3.10. The van der Waals surface area contributed by atoms with Crippen molar-refractivity contribution in [3.8, 4) is 0 Å². The first kappa shape index (κ1) is 9.24. The quantitative estimate of drug-likeness (QED) is 0.665. The summed E-state index contributed by atoms with van der Waals surface area (Å²) in [5, 5.41) is 0. The fourth-order valence-corrected chi connectivity index (χ4v) is 1.39. The van der Waals surface area contributed by atoms with E-state index in [1.165, 1.54) is 30.4 Å². The van der Waals surface area contributed by atoms with Crippen molar-refractivity contribution in [3.63, 3.8) is 0 Å². The zero-order valence-corrected chi connectivity index (χ0v) is 8.01. The molecule has 0 N–H and O–H groups in total. The average molecular weight is 163 g/mol. The van der Waals surface area contributed by atoms with Crippen molar-refractivity contribution in [1.82, 2.24) is 4.98 Å². The summed E-state index contributed by atoms with van der Waals surface area (Å²) in [4.78, 5) is 4.12. The SMILES string of the molecule is CCCCc1ccncc1CC. The minimum Gasteiger partial charge on any atom is -0.264 e. The van der Waals surface area contributed by atoms with Gasteiger partial charge in [-0.15, -0.1) is 0 Å². The summed E-state index contributed by atoms with van der Waals surface area (Å²) in [7, 11) is 0. The van der Waals surface area contributed by atoms with Crippen molar-refractivity contribution in [3.05, 3.63) is 29.6 Å². The van der Waals surface area contributed by atoms with Gasteiger partial charge in [0, 0.05) is 12.4 Å². The van der Waals surface area contributed by atoms with E-state index in [1.54, 1.807) is 0 Å². The number of aryl methyl sites for hydroxylation is 2. The molecule has 0 radical (unpaired) electrons. The molecule has 0 saturated carbocycles. The van der Waals surface area contributed by atoms with E-state index in [0.717, 1.165) is 6.42 Å². The molecule has 1 rings (SSSR count). The molecule has 0 aromatic carbocycles. The van der Waals surface area contributed by atoms with Gasteiger partial charge in [-0.05, 0) is 36.5 Å². The molecular formula is C11H17N. The zero-order chi connectivity index (χ0) is 8.81. The van der Waals surface area contributed by atoms with Gasteiger partial charge in [-0.25, -0.2) is 0 Å². The summed E-state index contributed by atoms with van der Waals surface area (Å²) in [5.41, 5.74) is 2.89. The van der Waals surface area contributed by atoms with Gasteiger partial charge in [0.1, 0.15) is 0 Å². The summed E-state index contributed by atoms with van der Waals surface area (Å²) >= 11 is 0. The Hall–Kier alpha value is -0.850. The van der Waals surface area contributed by atoms with Crippen LogP contribution >= 0.6 is 0 Å². The minimum atomic E-state index is 1.10. The molecule has 0 amide bonds. The number of rotatable bonds is 4. The number of pyridine rings is 1. The van der Waals surface area contributed by atoms with E-state index in [0.29, 0.717) is 0 Å². The standard InChI is InChI=1S/C11H17N/c1-3-5-6-11-7-8-12-9-10(11)4-2/h7-9H,3-6H2,1-2H3. The van der Waals surface area contributed by atoms with Gasteiger partial charge in [-0.3, -0.25) is 4.98 Å². The molecule has 0 atom stereocenters.